The summed E-state index contributed by atoms with van der Waals surface area (Å²) in [5.74, 6) is 1.48. The molecule has 3 rings (SSSR count). The molecule has 1 fully saturated rings. The van der Waals surface area contributed by atoms with Crippen LogP contribution in [0.4, 0.5) is 5.82 Å². The highest BCUT2D eigenvalue weighted by Crippen LogP contribution is 2.19. The number of rotatable bonds is 4. The molecular weight excluding hydrogens is 300 g/mol. The molecule has 1 aromatic heterocycles. The normalized spacial score (nSPS) is 15.3. The van der Waals surface area contributed by atoms with E-state index in [-0.39, 0.29) is 5.91 Å². The standard InChI is InChI=1S/C19H24N4O/c1-15-8-10-23(11-9-15)19(24)17-12-18(21-14-20-17)22(2)13-16-6-4-3-5-7-16/h3-7,12,14-15H,8-11,13H2,1-2H3. The Kier molecular flexibility index (Phi) is 5.08. The Balaban J connectivity index is 1.70. The second kappa shape index (κ2) is 7.43. The fourth-order valence-corrected chi connectivity index (χ4v) is 2.98. The first kappa shape index (κ1) is 16.4. The van der Waals surface area contributed by atoms with Crippen LogP contribution in [0.5, 0.6) is 0 Å². The van der Waals surface area contributed by atoms with E-state index in [1.807, 2.05) is 35.0 Å². The first-order chi connectivity index (χ1) is 11.6. The first-order valence-corrected chi connectivity index (χ1v) is 8.50. The molecule has 0 radical (unpaired) electrons. The quantitative estimate of drug-likeness (QED) is 0.867. The van der Waals surface area contributed by atoms with Gasteiger partial charge in [0, 0.05) is 32.7 Å². The number of hydrogen-bond acceptors (Lipinski definition) is 4. The molecule has 0 N–H and O–H groups in total. The van der Waals surface area contributed by atoms with Gasteiger partial charge in [0.1, 0.15) is 17.8 Å². The molecule has 2 aromatic rings. The highest BCUT2D eigenvalue weighted by atomic mass is 16.2. The summed E-state index contributed by atoms with van der Waals surface area (Å²) in [5.41, 5.74) is 1.69. The fourth-order valence-electron chi connectivity index (χ4n) is 2.98. The van der Waals surface area contributed by atoms with Gasteiger partial charge in [0.2, 0.25) is 0 Å². The van der Waals surface area contributed by atoms with Crippen molar-refractivity contribution in [1.29, 1.82) is 0 Å². The lowest BCUT2D eigenvalue weighted by Crippen LogP contribution is -2.38. The lowest BCUT2D eigenvalue weighted by atomic mass is 9.99. The Hall–Kier alpha value is -2.43. The van der Waals surface area contributed by atoms with Crippen LogP contribution in [0.1, 0.15) is 35.8 Å². The van der Waals surface area contributed by atoms with E-state index in [2.05, 4.69) is 29.0 Å². The molecule has 1 aromatic carbocycles. The number of benzene rings is 1. The fraction of sp³-hybridized carbons (Fsp3) is 0.421. The largest absolute Gasteiger partial charge is 0.355 e. The molecule has 0 atom stereocenters. The van der Waals surface area contributed by atoms with Crippen LogP contribution in [-0.4, -0.2) is 40.9 Å². The molecule has 126 valence electrons. The molecule has 24 heavy (non-hydrogen) atoms. The second-order valence-electron chi connectivity index (χ2n) is 6.58. The van der Waals surface area contributed by atoms with Gasteiger partial charge in [0.05, 0.1) is 0 Å². The van der Waals surface area contributed by atoms with Gasteiger partial charge >= 0.3 is 0 Å². The zero-order valence-corrected chi connectivity index (χ0v) is 14.4. The van der Waals surface area contributed by atoms with E-state index in [0.29, 0.717) is 11.6 Å². The first-order valence-electron chi connectivity index (χ1n) is 8.50. The van der Waals surface area contributed by atoms with Crippen LogP contribution in [-0.2, 0) is 6.54 Å². The van der Waals surface area contributed by atoms with Crippen LogP contribution in [0.25, 0.3) is 0 Å². The van der Waals surface area contributed by atoms with Crippen LogP contribution in [0.15, 0.2) is 42.7 Å². The number of amides is 1. The molecule has 0 unspecified atom stereocenters. The van der Waals surface area contributed by atoms with Gasteiger partial charge in [0.25, 0.3) is 5.91 Å². The monoisotopic (exact) mass is 324 g/mol. The lowest BCUT2D eigenvalue weighted by molar-refractivity contribution is 0.0691. The highest BCUT2D eigenvalue weighted by Gasteiger charge is 2.22. The predicted octanol–water partition coefficient (Wildman–Crippen LogP) is 2.99. The minimum Gasteiger partial charge on any atom is -0.355 e. The molecule has 1 amide bonds. The molecule has 0 aliphatic carbocycles. The number of nitrogens with zero attached hydrogens (tertiary/aromatic N) is 4. The average Bonchev–Trinajstić information content (AvgIpc) is 2.63. The van der Waals surface area contributed by atoms with E-state index >= 15 is 0 Å². The van der Waals surface area contributed by atoms with E-state index in [9.17, 15) is 4.79 Å². The Bertz CT molecular complexity index is 681. The van der Waals surface area contributed by atoms with Gasteiger partial charge in [-0.2, -0.15) is 0 Å². The molecule has 1 aliphatic rings. The number of anilines is 1. The minimum atomic E-state index is 0.0126. The van der Waals surface area contributed by atoms with Crippen molar-refractivity contribution in [2.24, 2.45) is 5.92 Å². The maximum Gasteiger partial charge on any atom is 0.272 e. The van der Waals surface area contributed by atoms with Crippen molar-refractivity contribution in [1.82, 2.24) is 14.9 Å². The van der Waals surface area contributed by atoms with E-state index in [4.69, 9.17) is 0 Å². The smallest absolute Gasteiger partial charge is 0.272 e. The third-order valence-electron chi connectivity index (χ3n) is 4.60. The third kappa shape index (κ3) is 3.91. The summed E-state index contributed by atoms with van der Waals surface area (Å²) in [7, 11) is 1.98. The third-order valence-corrected chi connectivity index (χ3v) is 4.60. The summed E-state index contributed by atoms with van der Waals surface area (Å²) in [5, 5.41) is 0. The van der Waals surface area contributed by atoms with Gasteiger partial charge in [-0.25, -0.2) is 9.97 Å². The van der Waals surface area contributed by atoms with E-state index in [1.54, 1.807) is 6.07 Å². The van der Waals surface area contributed by atoms with E-state index in [1.165, 1.54) is 11.9 Å². The van der Waals surface area contributed by atoms with Crippen molar-refractivity contribution in [3.05, 3.63) is 54.0 Å². The van der Waals surface area contributed by atoms with Gasteiger partial charge in [0.15, 0.2) is 0 Å². The summed E-state index contributed by atoms with van der Waals surface area (Å²) in [6.07, 6.45) is 3.62. The summed E-state index contributed by atoms with van der Waals surface area (Å²) < 4.78 is 0. The lowest BCUT2D eigenvalue weighted by Gasteiger charge is -2.30. The summed E-state index contributed by atoms with van der Waals surface area (Å²) >= 11 is 0. The van der Waals surface area contributed by atoms with Gasteiger partial charge in [-0.3, -0.25) is 4.79 Å². The molecule has 1 aliphatic heterocycles. The van der Waals surface area contributed by atoms with Gasteiger partial charge < -0.3 is 9.80 Å². The zero-order chi connectivity index (χ0) is 16.9. The average molecular weight is 324 g/mol. The topological polar surface area (TPSA) is 49.3 Å². The number of piperidine rings is 1. The molecule has 1 saturated heterocycles. The maximum absolute atomic E-state index is 12.7. The molecule has 5 heteroatoms. The van der Waals surface area contributed by atoms with Gasteiger partial charge in [-0.15, -0.1) is 0 Å². The van der Waals surface area contributed by atoms with Crippen molar-refractivity contribution in [3.8, 4) is 0 Å². The Morgan fingerprint density at radius 3 is 2.62 bits per heavy atom. The molecule has 5 nitrogen and oxygen atoms in total. The SMILES string of the molecule is CC1CCN(C(=O)c2cc(N(C)Cc3ccccc3)ncn2)CC1. The summed E-state index contributed by atoms with van der Waals surface area (Å²) in [4.78, 5) is 25.1. The number of carbonyl (C=O) groups excluding carboxylic acids is 1. The summed E-state index contributed by atoms with van der Waals surface area (Å²) in [6.45, 7) is 4.62. The van der Waals surface area contributed by atoms with Crippen molar-refractivity contribution < 1.29 is 4.79 Å². The minimum absolute atomic E-state index is 0.0126. The van der Waals surface area contributed by atoms with Crippen molar-refractivity contribution >= 4 is 11.7 Å². The molecule has 0 bridgehead atoms. The molecule has 0 spiro atoms. The van der Waals surface area contributed by atoms with Crippen LogP contribution < -0.4 is 4.90 Å². The maximum atomic E-state index is 12.7. The number of carbonyl (C=O) groups is 1. The molecule has 2 heterocycles. The van der Waals surface area contributed by atoms with Crippen molar-refractivity contribution in [2.45, 2.75) is 26.3 Å². The number of aromatic nitrogens is 2. The molecule has 0 saturated carbocycles. The zero-order valence-electron chi connectivity index (χ0n) is 14.4. The Morgan fingerprint density at radius 1 is 1.21 bits per heavy atom. The Morgan fingerprint density at radius 2 is 1.92 bits per heavy atom. The van der Waals surface area contributed by atoms with Crippen molar-refractivity contribution in [2.75, 3.05) is 25.0 Å². The van der Waals surface area contributed by atoms with Crippen LogP contribution >= 0.6 is 0 Å². The van der Waals surface area contributed by atoms with Crippen LogP contribution in [0.3, 0.4) is 0 Å². The second-order valence-corrected chi connectivity index (χ2v) is 6.58. The number of hydrogen-bond donors (Lipinski definition) is 0. The predicted molar refractivity (Wildman–Crippen MR) is 94.9 cm³/mol. The van der Waals surface area contributed by atoms with E-state index < -0.39 is 0 Å². The van der Waals surface area contributed by atoms with Gasteiger partial charge in [-0.1, -0.05) is 37.3 Å². The van der Waals surface area contributed by atoms with Gasteiger partial charge in [-0.05, 0) is 24.3 Å². The van der Waals surface area contributed by atoms with Crippen LogP contribution in [0.2, 0.25) is 0 Å². The number of likely N-dealkylation sites (tertiary alicyclic amines) is 1. The highest BCUT2D eigenvalue weighted by molar-refractivity contribution is 5.93. The molecular formula is C19H24N4O. The Labute approximate surface area is 143 Å². The van der Waals surface area contributed by atoms with E-state index in [0.717, 1.165) is 38.3 Å². The van der Waals surface area contributed by atoms with Crippen LogP contribution in [0, 0.1) is 5.92 Å². The summed E-state index contributed by atoms with van der Waals surface area (Å²) in [6, 6.07) is 12.0. The van der Waals surface area contributed by atoms with Crippen molar-refractivity contribution in [3.63, 3.8) is 0 Å².